The summed E-state index contributed by atoms with van der Waals surface area (Å²) in [6.45, 7) is 7.32. The van der Waals surface area contributed by atoms with Crippen molar-refractivity contribution >= 4 is 21.6 Å². The highest BCUT2D eigenvalue weighted by atomic mass is 32.2. The lowest BCUT2D eigenvalue weighted by molar-refractivity contribution is -0.121. The molecule has 0 radical (unpaired) electrons. The summed E-state index contributed by atoms with van der Waals surface area (Å²) >= 11 is 0. The number of anilines is 1. The van der Waals surface area contributed by atoms with Gasteiger partial charge in [0.25, 0.3) is 15.9 Å². The van der Waals surface area contributed by atoms with Crippen LogP contribution in [0.4, 0.5) is 18.9 Å². The number of likely N-dealkylation sites (N-methyl/N-ethyl adjacent to an activating group) is 1. The van der Waals surface area contributed by atoms with Gasteiger partial charge < -0.3 is 19.3 Å². The van der Waals surface area contributed by atoms with E-state index in [0.717, 1.165) is 50.4 Å². The fourth-order valence-corrected chi connectivity index (χ4v) is 7.51. The topological polar surface area (TPSA) is 79.4 Å². The van der Waals surface area contributed by atoms with E-state index >= 15 is 13.2 Å². The lowest BCUT2D eigenvalue weighted by Crippen LogP contribution is -2.46. The highest BCUT2D eigenvalue weighted by molar-refractivity contribution is 7.93. The molecule has 1 saturated heterocycles. The van der Waals surface area contributed by atoms with E-state index in [2.05, 4.69) is 9.80 Å². The molecular formula is C32H36F3N3O5S. The molecule has 8 nitrogen and oxygen atoms in total. The van der Waals surface area contributed by atoms with Crippen LogP contribution in [0.25, 0.3) is 0 Å². The Labute approximate surface area is 256 Å². The maximum atomic E-state index is 15.7. The van der Waals surface area contributed by atoms with Crippen molar-refractivity contribution in [2.24, 2.45) is 0 Å². The molecule has 0 N–H and O–H groups in total. The number of ether oxygens (including phenoxy) is 2. The molecule has 0 bridgehead atoms. The van der Waals surface area contributed by atoms with E-state index in [4.69, 9.17) is 9.47 Å². The first-order chi connectivity index (χ1) is 20.9. The predicted octanol–water partition coefficient (Wildman–Crippen LogP) is 4.95. The Bertz CT molecular complexity index is 1660. The second-order valence-electron chi connectivity index (χ2n) is 11.5. The first-order valence-electron chi connectivity index (χ1n) is 14.5. The first kappa shape index (κ1) is 31.8. The van der Waals surface area contributed by atoms with Crippen molar-refractivity contribution in [2.75, 3.05) is 51.2 Å². The molecule has 0 saturated carbocycles. The van der Waals surface area contributed by atoms with Gasteiger partial charge >= 0.3 is 0 Å². The van der Waals surface area contributed by atoms with Gasteiger partial charge in [0.15, 0.2) is 23.1 Å². The summed E-state index contributed by atoms with van der Waals surface area (Å²) in [7, 11) is -1.53. The van der Waals surface area contributed by atoms with E-state index in [1.54, 1.807) is 19.9 Å². The Morgan fingerprint density at radius 3 is 2.20 bits per heavy atom. The van der Waals surface area contributed by atoms with E-state index < -0.39 is 43.7 Å². The van der Waals surface area contributed by atoms with E-state index in [0.29, 0.717) is 17.3 Å². The molecule has 2 heterocycles. The zero-order valence-electron chi connectivity index (χ0n) is 25.1. The molecule has 236 valence electrons. The standard InChI is InChI=1S/C32H36F3N3O5S/c1-21(2)43-29-11-10-22(18-26(29)34)44(40,41)38-28-20-30(42-4)27(35)19-24(28)32(31(38)39,23-8-5-6-9-25(23)33)12-7-13-37-16-14-36(3)15-17-37/h5-6,8-11,18-21H,7,12-17H2,1-4H3. The number of sulfonamides is 1. The second-order valence-corrected chi connectivity index (χ2v) is 13.3. The zero-order chi connectivity index (χ0) is 31.8. The van der Waals surface area contributed by atoms with Crippen LogP contribution in [0.3, 0.4) is 0 Å². The van der Waals surface area contributed by atoms with Crippen LogP contribution in [-0.4, -0.2) is 77.1 Å². The molecule has 1 amide bonds. The van der Waals surface area contributed by atoms with Gasteiger partial charge in [-0.1, -0.05) is 18.2 Å². The van der Waals surface area contributed by atoms with Gasteiger partial charge in [-0.3, -0.25) is 4.79 Å². The number of methoxy groups -OCH3 is 1. The molecule has 12 heteroatoms. The smallest absolute Gasteiger partial charge is 0.271 e. The largest absolute Gasteiger partial charge is 0.494 e. The summed E-state index contributed by atoms with van der Waals surface area (Å²) < 4.78 is 85.5. The van der Waals surface area contributed by atoms with Crippen LogP contribution < -0.4 is 13.8 Å². The number of fused-ring (bicyclic) bond motifs is 1. The van der Waals surface area contributed by atoms with Gasteiger partial charge in [0.2, 0.25) is 0 Å². The predicted molar refractivity (Wildman–Crippen MR) is 160 cm³/mol. The van der Waals surface area contributed by atoms with Crippen molar-refractivity contribution < 1.29 is 35.9 Å². The van der Waals surface area contributed by atoms with E-state index in [-0.39, 0.29) is 40.8 Å². The summed E-state index contributed by atoms with van der Waals surface area (Å²) in [6, 6.07) is 10.9. The molecule has 2 aliphatic heterocycles. The van der Waals surface area contributed by atoms with E-state index in [1.807, 2.05) is 7.05 Å². The van der Waals surface area contributed by atoms with Gasteiger partial charge in [0.1, 0.15) is 11.2 Å². The molecule has 5 rings (SSSR count). The van der Waals surface area contributed by atoms with Crippen molar-refractivity contribution in [1.29, 1.82) is 0 Å². The number of benzene rings is 3. The third kappa shape index (κ3) is 5.66. The summed E-state index contributed by atoms with van der Waals surface area (Å²) in [6.07, 6.45) is 0.0219. The molecule has 1 fully saturated rings. The Morgan fingerprint density at radius 2 is 1.57 bits per heavy atom. The summed E-state index contributed by atoms with van der Waals surface area (Å²) in [5.74, 6) is -3.93. The molecule has 0 aromatic heterocycles. The average molecular weight is 632 g/mol. The van der Waals surface area contributed by atoms with Gasteiger partial charge in [-0.2, -0.15) is 0 Å². The number of nitrogens with zero attached hydrogens (tertiary/aromatic N) is 3. The minimum absolute atomic E-state index is 0.000573. The van der Waals surface area contributed by atoms with Crippen molar-refractivity contribution in [1.82, 2.24) is 9.80 Å². The summed E-state index contributed by atoms with van der Waals surface area (Å²) in [4.78, 5) is 18.6. The van der Waals surface area contributed by atoms with Gasteiger partial charge in [0, 0.05) is 43.4 Å². The molecule has 1 atom stereocenters. The number of halogens is 3. The average Bonchev–Trinajstić information content (AvgIpc) is 3.22. The van der Waals surface area contributed by atoms with Crippen molar-refractivity contribution in [3.8, 4) is 11.5 Å². The van der Waals surface area contributed by atoms with Gasteiger partial charge in [-0.15, -0.1) is 0 Å². The maximum Gasteiger partial charge on any atom is 0.271 e. The number of amides is 1. The lowest BCUT2D eigenvalue weighted by atomic mass is 9.71. The molecule has 0 aliphatic carbocycles. The molecule has 1 unspecified atom stereocenters. The monoisotopic (exact) mass is 631 g/mol. The van der Waals surface area contributed by atoms with E-state index in [1.165, 1.54) is 31.4 Å². The number of carbonyl (C=O) groups is 1. The SMILES string of the molecule is COc1cc2c(cc1F)C(CCCN1CCN(C)CC1)(c1ccccc1F)C(=O)N2S(=O)(=O)c1ccc(OC(C)C)c(F)c1. The summed E-state index contributed by atoms with van der Waals surface area (Å²) in [5, 5.41) is 0. The molecule has 3 aromatic carbocycles. The minimum Gasteiger partial charge on any atom is -0.494 e. The normalized spacial score (nSPS) is 19.5. The number of rotatable bonds is 10. The number of piperazine rings is 1. The van der Waals surface area contributed by atoms with Crippen LogP contribution in [0, 0.1) is 17.5 Å². The number of hydrogen-bond acceptors (Lipinski definition) is 7. The van der Waals surface area contributed by atoms with Crippen LogP contribution in [0.5, 0.6) is 11.5 Å². The Kier molecular flexibility index (Phi) is 8.97. The van der Waals surface area contributed by atoms with Gasteiger partial charge in [-0.05, 0) is 70.6 Å². The van der Waals surface area contributed by atoms with Crippen molar-refractivity contribution in [2.45, 2.75) is 43.1 Å². The molecule has 44 heavy (non-hydrogen) atoms. The fourth-order valence-electron chi connectivity index (χ4n) is 6.03. The van der Waals surface area contributed by atoms with E-state index in [9.17, 15) is 13.2 Å². The Balaban J connectivity index is 1.65. The lowest BCUT2D eigenvalue weighted by Gasteiger charge is -2.34. The zero-order valence-corrected chi connectivity index (χ0v) is 26.0. The highest BCUT2D eigenvalue weighted by Gasteiger charge is 2.57. The van der Waals surface area contributed by atoms with Gasteiger partial charge in [0.05, 0.1) is 23.8 Å². The van der Waals surface area contributed by atoms with Crippen LogP contribution in [0.1, 0.15) is 37.8 Å². The highest BCUT2D eigenvalue weighted by Crippen LogP contribution is 2.53. The Hall–Kier alpha value is -3.61. The number of carbonyl (C=O) groups excluding carboxylic acids is 1. The van der Waals surface area contributed by atoms with Gasteiger partial charge in [-0.25, -0.2) is 25.9 Å². The number of hydrogen-bond donors (Lipinski definition) is 0. The third-order valence-corrected chi connectivity index (χ3v) is 9.95. The summed E-state index contributed by atoms with van der Waals surface area (Å²) in [5.41, 5.74) is -2.14. The Morgan fingerprint density at radius 1 is 0.886 bits per heavy atom. The van der Waals surface area contributed by atoms with Crippen LogP contribution in [-0.2, 0) is 20.2 Å². The fraction of sp³-hybridized carbons (Fsp3) is 0.406. The molecular weight excluding hydrogens is 595 g/mol. The molecule has 3 aromatic rings. The molecule has 2 aliphatic rings. The quantitative estimate of drug-likeness (QED) is 0.314. The van der Waals surface area contributed by atoms with Crippen molar-refractivity contribution in [3.63, 3.8) is 0 Å². The van der Waals surface area contributed by atoms with Crippen LogP contribution in [0.15, 0.2) is 59.5 Å². The minimum atomic E-state index is -4.78. The van der Waals surface area contributed by atoms with Crippen LogP contribution >= 0.6 is 0 Å². The first-order valence-corrected chi connectivity index (χ1v) is 15.9. The second kappa shape index (κ2) is 12.4. The third-order valence-electron chi connectivity index (χ3n) is 8.26. The van der Waals surface area contributed by atoms with Crippen LogP contribution in [0.2, 0.25) is 0 Å². The maximum absolute atomic E-state index is 15.7. The molecule has 0 spiro atoms. The van der Waals surface area contributed by atoms with Crippen molar-refractivity contribution in [3.05, 3.63) is 83.2 Å².